The highest BCUT2D eigenvalue weighted by Gasteiger charge is 2.53. The van der Waals surface area contributed by atoms with Gasteiger partial charge in [0.1, 0.15) is 73.2 Å². The van der Waals surface area contributed by atoms with Gasteiger partial charge in [-0.25, -0.2) is 0 Å². The molecule has 3 saturated heterocycles. The van der Waals surface area contributed by atoms with Crippen LogP contribution in [0, 0.1) is 0 Å². The number of nitrogens with one attached hydrogen (secondary N) is 1. The molecule has 0 bridgehead atoms. The molecule has 0 spiro atoms. The molecule has 0 radical (unpaired) electrons. The topological polar surface area (TPSA) is 307 Å². The second-order valence-corrected chi connectivity index (χ2v) is 27.1. The first kappa shape index (κ1) is 83.8. The highest BCUT2D eigenvalue weighted by atomic mass is 16.8. The van der Waals surface area contributed by atoms with Crippen molar-refractivity contribution in [1.29, 1.82) is 0 Å². The minimum absolute atomic E-state index is 0.242. The molecule has 3 aliphatic rings. The van der Waals surface area contributed by atoms with Crippen LogP contribution in [-0.2, 0) is 33.2 Å². The predicted octanol–water partition coefficient (Wildman–Crippen LogP) is 10.8. The SMILES string of the molecule is CCCCCCCCC/C=C\CCCCCCCCCC(=O)NC(COC1OC(CO)C(OC2OC(CO)C(OC3OC(CO)C(O)C(O)C3O)C(O)C2O)C(O)C1O)C(O)CCCCCCCCCCCCCCCCCCCCCCCCCCCCCC. The third-order valence-electron chi connectivity index (χ3n) is 19.1. The quantitative estimate of drug-likeness (QED) is 0.0199. The summed E-state index contributed by atoms with van der Waals surface area (Å²) < 4.78 is 34.5. The van der Waals surface area contributed by atoms with Gasteiger partial charge in [-0.2, -0.15) is 0 Å². The van der Waals surface area contributed by atoms with Crippen molar-refractivity contribution in [3.8, 4) is 0 Å². The molecular formula is C72H137NO18. The number of allylic oxidation sites excluding steroid dienone is 2. The van der Waals surface area contributed by atoms with Gasteiger partial charge < -0.3 is 89.9 Å². The number of amides is 1. The number of rotatable bonds is 59. The Hall–Kier alpha value is -1.47. The normalized spacial score (nSPS) is 27.9. The molecule has 0 aromatic carbocycles. The van der Waals surface area contributed by atoms with E-state index in [4.69, 9.17) is 28.4 Å². The van der Waals surface area contributed by atoms with E-state index in [0.29, 0.717) is 12.8 Å². The molecule has 3 heterocycles. The summed E-state index contributed by atoms with van der Waals surface area (Å²) in [7, 11) is 0. The molecule has 19 heteroatoms. The monoisotopic (exact) mass is 1300 g/mol. The zero-order chi connectivity index (χ0) is 66.1. The predicted molar refractivity (Wildman–Crippen MR) is 356 cm³/mol. The van der Waals surface area contributed by atoms with E-state index in [2.05, 4.69) is 31.3 Å². The molecule has 91 heavy (non-hydrogen) atoms. The average molecular weight is 1300 g/mol. The summed E-state index contributed by atoms with van der Waals surface area (Å²) in [4.78, 5) is 13.4. The van der Waals surface area contributed by atoms with Crippen LogP contribution < -0.4 is 5.32 Å². The van der Waals surface area contributed by atoms with Crippen molar-refractivity contribution in [2.24, 2.45) is 0 Å². The first-order valence-electron chi connectivity index (χ1n) is 37.4. The lowest BCUT2D eigenvalue weighted by Crippen LogP contribution is -2.66. The van der Waals surface area contributed by atoms with Gasteiger partial charge in [0.2, 0.25) is 5.91 Å². The molecule has 19 nitrogen and oxygen atoms in total. The molecular weight excluding hydrogens is 1170 g/mol. The summed E-state index contributed by atoms with van der Waals surface area (Å²) in [6.07, 6.45) is 34.4. The van der Waals surface area contributed by atoms with E-state index in [0.717, 1.165) is 57.8 Å². The number of hydrogen-bond donors (Lipinski definition) is 12. The fraction of sp³-hybridized carbons (Fsp3) is 0.958. The Balaban J connectivity index is 1.39. The van der Waals surface area contributed by atoms with E-state index < -0.39 is 124 Å². The molecule has 1 amide bonds. The highest BCUT2D eigenvalue weighted by Crippen LogP contribution is 2.33. The largest absolute Gasteiger partial charge is 0.394 e. The molecule has 0 saturated carbocycles. The summed E-state index contributed by atoms with van der Waals surface area (Å²) >= 11 is 0. The van der Waals surface area contributed by atoms with Gasteiger partial charge in [-0.05, 0) is 38.5 Å². The molecule has 3 rings (SSSR count). The van der Waals surface area contributed by atoms with Crippen LogP contribution in [0.4, 0.5) is 0 Å². The van der Waals surface area contributed by atoms with E-state index in [1.807, 2.05) is 0 Å². The molecule has 0 aromatic heterocycles. The molecule has 3 fully saturated rings. The zero-order valence-corrected chi connectivity index (χ0v) is 57.1. The lowest BCUT2D eigenvalue weighted by atomic mass is 9.96. The third-order valence-corrected chi connectivity index (χ3v) is 19.1. The van der Waals surface area contributed by atoms with Gasteiger partial charge >= 0.3 is 0 Å². The summed E-state index contributed by atoms with van der Waals surface area (Å²) in [5, 5.41) is 121. The Morgan fingerprint density at radius 1 is 0.385 bits per heavy atom. The molecule has 0 aliphatic carbocycles. The van der Waals surface area contributed by atoms with Crippen LogP contribution in [0.3, 0.4) is 0 Å². The summed E-state index contributed by atoms with van der Waals surface area (Å²) in [6, 6.07) is -0.888. The fourth-order valence-electron chi connectivity index (χ4n) is 13.0. The standard InChI is InChI=1S/C72H137NO18/c1-3-5-7-9-11-13-15-17-19-21-23-24-25-26-27-28-29-30-31-32-33-35-37-39-41-43-45-47-49-56(77)55(73-60(78)50-48-46-44-42-40-38-36-34-22-20-18-16-14-12-10-8-6-4-2)54-86-70-66(84)63(81)68(58(52-75)88-70)91-72-67(85)64(82)69(59(53-76)89-72)90-71-65(83)62(80)61(79)57(51-74)87-71/h20,22,55-59,61-72,74-77,79-85H,3-19,21,23-54H2,1-2H3,(H,73,78)/b22-20-. The van der Waals surface area contributed by atoms with Crippen molar-refractivity contribution >= 4 is 5.91 Å². The van der Waals surface area contributed by atoms with Gasteiger partial charge in [0.15, 0.2) is 18.9 Å². The fourth-order valence-corrected chi connectivity index (χ4v) is 13.0. The van der Waals surface area contributed by atoms with Gasteiger partial charge in [0.05, 0.1) is 38.6 Å². The van der Waals surface area contributed by atoms with E-state index in [1.54, 1.807) is 0 Å². The minimum Gasteiger partial charge on any atom is -0.394 e. The smallest absolute Gasteiger partial charge is 0.220 e. The van der Waals surface area contributed by atoms with Crippen molar-refractivity contribution < 1.29 is 89.4 Å². The Morgan fingerprint density at radius 3 is 1.07 bits per heavy atom. The van der Waals surface area contributed by atoms with Crippen molar-refractivity contribution in [2.45, 2.75) is 413 Å². The van der Waals surface area contributed by atoms with Crippen molar-refractivity contribution in [3.05, 3.63) is 12.2 Å². The van der Waals surface area contributed by atoms with Crippen molar-refractivity contribution in [2.75, 3.05) is 26.4 Å². The van der Waals surface area contributed by atoms with Gasteiger partial charge in [-0.3, -0.25) is 4.79 Å². The van der Waals surface area contributed by atoms with Crippen LogP contribution in [0.15, 0.2) is 12.2 Å². The van der Waals surface area contributed by atoms with Crippen LogP contribution in [0.25, 0.3) is 0 Å². The van der Waals surface area contributed by atoms with Crippen LogP contribution >= 0.6 is 0 Å². The molecule has 12 N–H and O–H groups in total. The molecule has 0 aromatic rings. The zero-order valence-electron chi connectivity index (χ0n) is 57.1. The lowest BCUT2D eigenvalue weighted by molar-refractivity contribution is -0.379. The molecule has 17 unspecified atom stereocenters. The van der Waals surface area contributed by atoms with Gasteiger partial charge in [0.25, 0.3) is 0 Å². The Bertz CT molecular complexity index is 1700. The van der Waals surface area contributed by atoms with Crippen molar-refractivity contribution in [1.82, 2.24) is 5.32 Å². The number of carbonyl (C=O) groups is 1. The first-order chi connectivity index (χ1) is 44.3. The summed E-state index contributed by atoms with van der Waals surface area (Å²) in [5.41, 5.74) is 0. The number of hydrogen-bond acceptors (Lipinski definition) is 18. The summed E-state index contributed by atoms with van der Waals surface area (Å²) in [5.74, 6) is -0.242. The third kappa shape index (κ3) is 36.1. The van der Waals surface area contributed by atoms with Crippen LogP contribution in [-0.4, -0.2) is 193 Å². The van der Waals surface area contributed by atoms with Gasteiger partial charge in [-0.15, -0.1) is 0 Å². The Labute approximate surface area is 550 Å². The minimum atomic E-state index is -1.97. The number of aliphatic hydroxyl groups excluding tert-OH is 11. The van der Waals surface area contributed by atoms with E-state index >= 15 is 0 Å². The second kappa shape index (κ2) is 54.5. The lowest BCUT2D eigenvalue weighted by Gasteiger charge is -2.48. The van der Waals surface area contributed by atoms with Crippen LogP contribution in [0.5, 0.6) is 0 Å². The average Bonchev–Trinajstić information content (AvgIpc) is 0.844. The van der Waals surface area contributed by atoms with Crippen LogP contribution in [0.2, 0.25) is 0 Å². The first-order valence-corrected chi connectivity index (χ1v) is 37.4. The van der Waals surface area contributed by atoms with Crippen molar-refractivity contribution in [3.63, 3.8) is 0 Å². The number of unbranched alkanes of at least 4 members (excludes halogenated alkanes) is 41. The van der Waals surface area contributed by atoms with E-state index in [-0.39, 0.29) is 18.9 Å². The molecule has 538 valence electrons. The maximum absolute atomic E-state index is 13.4. The maximum Gasteiger partial charge on any atom is 0.220 e. The number of carbonyl (C=O) groups excluding carboxylic acids is 1. The highest BCUT2D eigenvalue weighted by molar-refractivity contribution is 5.76. The molecule has 3 aliphatic heterocycles. The van der Waals surface area contributed by atoms with E-state index in [1.165, 1.54) is 218 Å². The number of aliphatic hydroxyl groups is 11. The Morgan fingerprint density at radius 2 is 0.692 bits per heavy atom. The Kier molecular flexibility index (Phi) is 50.2. The second-order valence-electron chi connectivity index (χ2n) is 27.1. The summed E-state index contributed by atoms with van der Waals surface area (Å²) in [6.45, 7) is 1.84. The molecule has 17 atom stereocenters. The van der Waals surface area contributed by atoms with E-state index in [9.17, 15) is 61.0 Å². The van der Waals surface area contributed by atoms with Gasteiger partial charge in [-0.1, -0.05) is 276 Å². The van der Waals surface area contributed by atoms with Crippen LogP contribution in [0.1, 0.15) is 309 Å². The van der Waals surface area contributed by atoms with Gasteiger partial charge in [0, 0.05) is 6.42 Å². The maximum atomic E-state index is 13.4. The number of ether oxygens (including phenoxy) is 6.